The Balaban J connectivity index is 3.25. The summed E-state index contributed by atoms with van der Waals surface area (Å²) in [6, 6.07) is 0.212. The molecule has 0 aromatic heterocycles. The van der Waals surface area contributed by atoms with Gasteiger partial charge in [-0.2, -0.15) is 0 Å². The maximum absolute atomic E-state index is 8.94. The minimum absolute atomic E-state index is 0.212. The summed E-state index contributed by atoms with van der Waals surface area (Å²) in [7, 11) is 0. The lowest BCUT2D eigenvalue weighted by Crippen LogP contribution is -2.37. The minimum atomic E-state index is -0.281. The van der Waals surface area contributed by atoms with Gasteiger partial charge >= 0.3 is 0 Å². The molecule has 74 valence electrons. The molecule has 0 bridgehead atoms. The topological polar surface area (TPSA) is 58.3 Å². The van der Waals surface area contributed by atoms with Gasteiger partial charge in [0.25, 0.3) is 0 Å². The van der Waals surface area contributed by atoms with Gasteiger partial charge in [-0.1, -0.05) is 13.8 Å². The first kappa shape index (κ1) is 11.9. The fourth-order valence-corrected chi connectivity index (χ4v) is 1.17. The van der Waals surface area contributed by atoms with Crippen LogP contribution in [0.5, 0.6) is 0 Å². The van der Waals surface area contributed by atoms with Gasteiger partial charge in [0.15, 0.2) is 0 Å². The van der Waals surface area contributed by atoms with Crippen molar-refractivity contribution in [2.24, 2.45) is 11.7 Å². The summed E-state index contributed by atoms with van der Waals surface area (Å²) in [5.41, 5.74) is 5.82. The summed E-state index contributed by atoms with van der Waals surface area (Å²) in [5, 5.41) is 12.1. The molecule has 0 saturated carbocycles. The highest BCUT2D eigenvalue weighted by Gasteiger charge is 2.04. The highest BCUT2D eigenvalue weighted by Crippen LogP contribution is 2.01. The van der Waals surface area contributed by atoms with E-state index in [1.165, 1.54) is 0 Å². The Morgan fingerprint density at radius 3 is 2.25 bits per heavy atom. The van der Waals surface area contributed by atoms with E-state index < -0.39 is 0 Å². The summed E-state index contributed by atoms with van der Waals surface area (Å²) < 4.78 is 0. The molecule has 0 aromatic carbocycles. The van der Waals surface area contributed by atoms with Crippen molar-refractivity contribution < 1.29 is 5.11 Å². The molecule has 0 saturated heterocycles. The third-order valence-corrected chi connectivity index (χ3v) is 1.62. The van der Waals surface area contributed by atoms with Crippen LogP contribution in [0.1, 0.15) is 27.2 Å². The number of nitrogens with two attached hydrogens (primary N) is 1. The number of aliphatic hydroxyl groups is 1. The first-order valence-corrected chi connectivity index (χ1v) is 4.66. The van der Waals surface area contributed by atoms with Crippen molar-refractivity contribution in [2.45, 2.75) is 39.3 Å². The molecule has 0 amide bonds. The molecule has 0 radical (unpaired) electrons. The second-order valence-electron chi connectivity index (χ2n) is 3.90. The number of rotatable bonds is 6. The minimum Gasteiger partial charge on any atom is -0.392 e. The van der Waals surface area contributed by atoms with Crippen LogP contribution in [0.25, 0.3) is 0 Å². The molecule has 2 atom stereocenters. The summed E-state index contributed by atoms with van der Waals surface area (Å²) in [4.78, 5) is 0. The second kappa shape index (κ2) is 6.40. The van der Waals surface area contributed by atoms with E-state index in [4.69, 9.17) is 10.8 Å². The van der Waals surface area contributed by atoms with E-state index in [0.717, 1.165) is 13.0 Å². The quantitative estimate of drug-likeness (QED) is 0.544. The van der Waals surface area contributed by atoms with Crippen molar-refractivity contribution in [3.8, 4) is 0 Å². The molecule has 3 heteroatoms. The number of nitrogens with one attached hydrogen (secondary N) is 1. The Bertz CT molecular complexity index is 105. The largest absolute Gasteiger partial charge is 0.392 e. The van der Waals surface area contributed by atoms with E-state index in [0.29, 0.717) is 12.5 Å². The Morgan fingerprint density at radius 1 is 1.25 bits per heavy atom. The van der Waals surface area contributed by atoms with E-state index in [9.17, 15) is 0 Å². The second-order valence-corrected chi connectivity index (χ2v) is 3.90. The van der Waals surface area contributed by atoms with Gasteiger partial charge in [0, 0.05) is 19.1 Å². The van der Waals surface area contributed by atoms with Crippen LogP contribution in [0.15, 0.2) is 0 Å². The Kier molecular flexibility index (Phi) is 6.34. The summed E-state index contributed by atoms with van der Waals surface area (Å²) >= 11 is 0. The van der Waals surface area contributed by atoms with Crippen LogP contribution in [0.4, 0.5) is 0 Å². The molecule has 3 nitrogen and oxygen atoms in total. The van der Waals surface area contributed by atoms with Crippen LogP contribution in [-0.4, -0.2) is 30.3 Å². The number of hydrogen-bond donors (Lipinski definition) is 3. The smallest absolute Gasteiger partial charge is 0.0636 e. The fraction of sp³-hybridized carbons (Fsp3) is 1.00. The first-order valence-electron chi connectivity index (χ1n) is 4.66. The zero-order chi connectivity index (χ0) is 9.56. The zero-order valence-electron chi connectivity index (χ0n) is 8.38. The average Bonchev–Trinajstić information content (AvgIpc) is 1.84. The van der Waals surface area contributed by atoms with Crippen LogP contribution in [-0.2, 0) is 0 Å². The van der Waals surface area contributed by atoms with Crippen LogP contribution in [0, 0.1) is 5.92 Å². The van der Waals surface area contributed by atoms with Crippen molar-refractivity contribution in [3.63, 3.8) is 0 Å². The highest BCUT2D eigenvalue weighted by molar-refractivity contribution is 4.67. The van der Waals surface area contributed by atoms with Gasteiger partial charge in [0.05, 0.1) is 6.10 Å². The van der Waals surface area contributed by atoms with E-state index >= 15 is 0 Å². The third kappa shape index (κ3) is 7.98. The lowest BCUT2D eigenvalue weighted by molar-refractivity contribution is 0.190. The Hall–Kier alpha value is -0.120. The maximum atomic E-state index is 8.94. The van der Waals surface area contributed by atoms with Crippen LogP contribution >= 0.6 is 0 Å². The molecule has 0 aliphatic rings. The summed E-state index contributed by atoms with van der Waals surface area (Å²) in [6.45, 7) is 7.51. The van der Waals surface area contributed by atoms with Gasteiger partial charge in [0.1, 0.15) is 0 Å². The predicted molar refractivity (Wildman–Crippen MR) is 52.0 cm³/mol. The molecule has 4 N–H and O–H groups in total. The molecule has 0 fully saturated rings. The maximum Gasteiger partial charge on any atom is 0.0636 e. The third-order valence-electron chi connectivity index (χ3n) is 1.62. The van der Waals surface area contributed by atoms with Gasteiger partial charge in [-0.05, 0) is 19.3 Å². The predicted octanol–water partition coefficient (Wildman–Crippen LogP) is 0.330. The lowest BCUT2D eigenvalue weighted by atomic mass is 10.0. The van der Waals surface area contributed by atoms with Crippen molar-refractivity contribution >= 4 is 0 Å². The fourth-order valence-electron chi connectivity index (χ4n) is 1.17. The zero-order valence-corrected chi connectivity index (χ0v) is 8.38. The summed E-state index contributed by atoms with van der Waals surface area (Å²) in [6.07, 6.45) is 0.753. The van der Waals surface area contributed by atoms with Gasteiger partial charge in [0.2, 0.25) is 0 Å². The Labute approximate surface area is 75.3 Å². The van der Waals surface area contributed by atoms with Crippen molar-refractivity contribution in [3.05, 3.63) is 0 Å². The monoisotopic (exact) mass is 174 g/mol. The van der Waals surface area contributed by atoms with Gasteiger partial charge in [-0.25, -0.2) is 0 Å². The van der Waals surface area contributed by atoms with E-state index in [2.05, 4.69) is 19.2 Å². The van der Waals surface area contributed by atoms with Crippen molar-refractivity contribution in [1.29, 1.82) is 0 Å². The normalized spacial score (nSPS) is 16.5. The molecule has 0 spiro atoms. The molecule has 0 aromatic rings. The standard InChI is InChI=1S/C9H22N2O/c1-7(2)4-9(10)6-11-5-8(3)12/h7-9,11-12H,4-6,10H2,1-3H3. The molecule has 0 aliphatic carbocycles. The van der Waals surface area contributed by atoms with Crippen LogP contribution in [0.3, 0.4) is 0 Å². The van der Waals surface area contributed by atoms with Crippen LogP contribution in [0.2, 0.25) is 0 Å². The highest BCUT2D eigenvalue weighted by atomic mass is 16.3. The van der Waals surface area contributed by atoms with Crippen molar-refractivity contribution in [2.75, 3.05) is 13.1 Å². The molecule has 12 heavy (non-hydrogen) atoms. The molecule has 2 unspecified atom stereocenters. The molecule has 0 heterocycles. The number of hydrogen-bond acceptors (Lipinski definition) is 3. The average molecular weight is 174 g/mol. The van der Waals surface area contributed by atoms with E-state index in [1.54, 1.807) is 6.92 Å². The first-order chi connectivity index (χ1) is 5.52. The molecular formula is C9H22N2O. The SMILES string of the molecule is CC(C)CC(N)CNCC(C)O. The van der Waals surface area contributed by atoms with Crippen molar-refractivity contribution in [1.82, 2.24) is 5.32 Å². The molecular weight excluding hydrogens is 152 g/mol. The number of aliphatic hydroxyl groups excluding tert-OH is 1. The molecule has 0 aliphatic heterocycles. The lowest BCUT2D eigenvalue weighted by Gasteiger charge is -2.15. The van der Waals surface area contributed by atoms with E-state index in [-0.39, 0.29) is 12.1 Å². The van der Waals surface area contributed by atoms with Crippen LogP contribution < -0.4 is 11.1 Å². The van der Waals surface area contributed by atoms with Gasteiger partial charge < -0.3 is 16.2 Å². The Morgan fingerprint density at radius 2 is 1.83 bits per heavy atom. The van der Waals surface area contributed by atoms with E-state index in [1.807, 2.05) is 0 Å². The molecule has 0 rings (SSSR count). The van der Waals surface area contributed by atoms with Gasteiger partial charge in [-0.15, -0.1) is 0 Å². The summed E-state index contributed by atoms with van der Waals surface area (Å²) in [5.74, 6) is 0.647. The van der Waals surface area contributed by atoms with Gasteiger partial charge in [-0.3, -0.25) is 0 Å².